The number of Topliss-reactive ketones (excluding diaryl/α,β-unsaturated/α-hetero) is 2. The molecule has 5 rings (SSSR count). The van der Waals surface area contributed by atoms with E-state index in [0.717, 1.165) is 6.08 Å². The predicted octanol–water partition coefficient (Wildman–Crippen LogP) is 3.35. The molecular weight excluding hydrogens is 394 g/mol. The number of fused-ring (bicyclic) bond motifs is 1. The van der Waals surface area contributed by atoms with E-state index in [4.69, 9.17) is 0 Å². The number of aliphatic hydroxyl groups is 2. The van der Waals surface area contributed by atoms with E-state index in [0.29, 0.717) is 11.4 Å². The van der Waals surface area contributed by atoms with Crippen molar-refractivity contribution in [1.29, 1.82) is 0 Å². The first-order valence-corrected chi connectivity index (χ1v) is 9.88. The Morgan fingerprint density at radius 3 is 2.23 bits per heavy atom. The molecule has 0 bridgehead atoms. The summed E-state index contributed by atoms with van der Waals surface area (Å²) in [6.45, 7) is 2.93. The number of aliphatic hydroxyl groups excluding tert-OH is 1. The van der Waals surface area contributed by atoms with Crippen LogP contribution in [0.2, 0.25) is 0 Å². The second-order valence-corrected chi connectivity index (χ2v) is 7.96. The summed E-state index contributed by atoms with van der Waals surface area (Å²) in [5, 5.41) is 23.3. The number of carbonyl (C=O) groups excluding carboxylic acids is 3. The Balaban J connectivity index is 1.97. The van der Waals surface area contributed by atoms with Gasteiger partial charge in [-0.25, -0.2) is 0 Å². The van der Waals surface area contributed by atoms with Crippen molar-refractivity contribution >= 4 is 28.8 Å². The highest BCUT2D eigenvalue weighted by Crippen LogP contribution is 2.62. The van der Waals surface area contributed by atoms with Gasteiger partial charge in [-0.15, -0.1) is 0 Å². The lowest BCUT2D eigenvalue weighted by molar-refractivity contribution is -0.116. The lowest BCUT2D eigenvalue weighted by Crippen LogP contribution is -2.63. The average molecular weight is 413 g/mol. The highest BCUT2D eigenvalue weighted by Gasteiger charge is 2.72. The molecule has 1 spiro atoms. The maximum atomic E-state index is 14.1. The fourth-order valence-corrected chi connectivity index (χ4v) is 5.36. The maximum Gasteiger partial charge on any atom is 0.186 e. The van der Waals surface area contributed by atoms with Crippen LogP contribution in [-0.4, -0.2) is 33.3 Å². The minimum Gasteiger partial charge on any atom is -0.507 e. The summed E-state index contributed by atoms with van der Waals surface area (Å²) in [7, 11) is 0. The number of rotatable bonds is 2. The number of carbonyl (C=O) groups is 3. The Morgan fingerprint density at radius 1 is 0.968 bits per heavy atom. The van der Waals surface area contributed by atoms with Gasteiger partial charge in [0.1, 0.15) is 11.2 Å². The number of benzene rings is 2. The smallest absolute Gasteiger partial charge is 0.186 e. The molecule has 2 atom stereocenters. The van der Waals surface area contributed by atoms with E-state index in [1.807, 2.05) is 6.07 Å². The number of allylic oxidation sites excluding steroid dienone is 2. The Bertz CT molecular complexity index is 1290. The fraction of sp³-hybridized carbons (Fsp3) is 0.160. The van der Waals surface area contributed by atoms with Crippen molar-refractivity contribution in [2.45, 2.75) is 19.6 Å². The Hall–Kier alpha value is -3.77. The molecule has 2 unspecified atom stereocenters. The predicted molar refractivity (Wildman–Crippen MR) is 114 cm³/mol. The van der Waals surface area contributed by atoms with Crippen LogP contribution in [-0.2, 0) is 9.59 Å². The number of hydrogen-bond donors (Lipinski definition) is 2. The average Bonchev–Trinajstić information content (AvgIpc) is 2.96. The quantitative estimate of drug-likeness (QED) is 0.784. The summed E-state index contributed by atoms with van der Waals surface area (Å²) < 4.78 is 0. The van der Waals surface area contributed by atoms with Gasteiger partial charge in [0.2, 0.25) is 0 Å². The minimum atomic E-state index is -2.10. The molecular formula is C25H19NO5. The van der Waals surface area contributed by atoms with Gasteiger partial charge in [-0.3, -0.25) is 14.4 Å². The zero-order valence-electron chi connectivity index (χ0n) is 16.9. The number of anilines is 1. The fourth-order valence-electron chi connectivity index (χ4n) is 5.36. The Kier molecular flexibility index (Phi) is 3.79. The van der Waals surface area contributed by atoms with E-state index in [1.165, 1.54) is 24.0 Å². The molecule has 0 saturated carbocycles. The standard InChI is InChI=1S/C25H19NO5/c1-14-20(15(2)27)25-21(22(29)17-10-6-7-11-18(17)23(25)30)19(28)12-13-24(25,31)26(14)16-8-4-3-5-9-16/h3-13,29,31H,1-2H3. The summed E-state index contributed by atoms with van der Waals surface area (Å²) in [6, 6.07) is 15.2. The molecule has 0 radical (unpaired) electrons. The summed E-state index contributed by atoms with van der Waals surface area (Å²) in [5.74, 6) is -2.08. The molecule has 154 valence electrons. The third-order valence-corrected chi connectivity index (χ3v) is 6.42. The third kappa shape index (κ3) is 2.07. The van der Waals surface area contributed by atoms with Crippen molar-refractivity contribution in [1.82, 2.24) is 0 Å². The summed E-state index contributed by atoms with van der Waals surface area (Å²) in [6.07, 6.45) is 2.40. The van der Waals surface area contributed by atoms with Crippen LogP contribution in [0.15, 0.2) is 83.6 Å². The molecule has 2 aliphatic carbocycles. The van der Waals surface area contributed by atoms with Crippen LogP contribution in [0.1, 0.15) is 29.8 Å². The molecule has 6 heteroatoms. The number of para-hydroxylation sites is 1. The monoisotopic (exact) mass is 413 g/mol. The largest absolute Gasteiger partial charge is 0.507 e. The van der Waals surface area contributed by atoms with Gasteiger partial charge in [-0.2, -0.15) is 0 Å². The van der Waals surface area contributed by atoms with E-state index in [9.17, 15) is 24.6 Å². The second kappa shape index (κ2) is 6.12. The van der Waals surface area contributed by atoms with Gasteiger partial charge >= 0.3 is 0 Å². The van der Waals surface area contributed by atoms with Crippen LogP contribution >= 0.6 is 0 Å². The maximum absolute atomic E-state index is 14.1. The normalized spacial score (nSPS) is 26.7. The first-order chi connectivity index (χ1) is 14.8. The van der Waals surface area contributed by atoms with Gasteiger partial charge in [0, 0.05) is 28.1 Å². The van der Waals surface area contributed by atoms with Gasteiger partial charge in [-0.05, 0) is 38.1 Å². The van der Waals surface area contributed by atoms with Crippen LogP contribution in [0.4, 0.5) is 5.69 Å². The molecule has 0 aromatic heterocycles. The van der Waals surface area contributed by atoms with Crippen LogP contribution < -0.4 is 4.90 Å². The van der Waals surface area contributed by atoms with Gasteiger partial charge in [0.25, 0.3) is 0 Å². The first kappa shape index (κ1) is 19.2. The van der Waals surface area contributed by atoms with Gasteiger partial charge in [-0.1, -0.05) is 42.5 Å². The van der Waals surface area contributed by atoms with E-state index in [2.05, 4.69) is 0 Å². The number of hydrogen-bond acceptors (Lipinski definition) is 6. The van der Waals surface area contributed by atoms with Crippen LogP contribution in [0, 0.1) is 5.41 Å². The molecule has 0 fully saturated rings. The Labute approximate surface area is 178 Å². The van der Waals surface area contributed by atoms with Crippen molar-refractivity contribution in [3.8, 4) is 0 Å². The van der Waals surface area contributed by atoms with Crippen LogP contribution in [0.5, 0.6) is 0 Å². The highest BCUT2D eigenvalue weighted by molar-refractivity contribution is 6.27. The summed E-state index contributed by atoms with van der Waals surface area (Å²) >= 11 is 0. The molecule has 0 amide bonds. The van der Waals surface area contributed by atoms with Gasteiger partial charge < -0.3 is 15.1 Å². The van der Waals surface area contributed by atoms with E-state index in [1.54, 1.807) is 49.4 Å². The molecule has 31 heavy (non-hydrogen) atoms. The summed E-state index contributed by atoms with van der Waals surface area (Å²) in [4.78, 5) is 41.6. The SMILES string of the molecule is CC(=O)C1=C(C)N(c2ccccc2)C2(O)C=CC(=O)C3=C(O)c4ccccc4C(=O)C312. The molecule has 2 N–H and O–H groups in total. The van der Waals surface area contributed by atoms with Crippen LogP contribution in [0.3, 0.4) is 0 Å². The lowest BCUT2D eigenvalue weighted by atomic mass is 9.56. The minimum absolute atomic E-state index is 0.00222. The molecule has 0 saturated heterocycles. The van der Waals surface area contributed by atoms with Crippen molar-refractivity contribution in [2.24, 2.45) is 5.41 Å². The molecule has 3 aliphatic rings. The van der Waals surface area contributed by atoms with Crippen LogP contribution in [0.25, 0.3) is 5.76 Å². The molecule has 1 heterocycles. The molecule has 1 aliphatic heterocycles. The Morgan fingerprint density at radius 2 is 1.58 bits per heavy atom. The third-order valence-electron chi connectivity index (χ3n) is 6.42. The first-order valence-electron chi connectivity index (χ1n) is 9.88. The molecule has 6 nitrogen and oxygen atoms in total. The summed E-state index contributed by atoms with van der Waals surface area (Å²) in [5.41, 5.74) is -3.21. The van der Waals surface area contributed by atoms with E-state index < -0.39 is 34.2 Å². The zero-order chi connectivity index (χ0) is 22.1. The van der Waals surface area contributed by atoms with E-state index >= 15 is 0 Å². The number of ketones is 3. The van der Waals surface area contributed by atoms with Gasteiger partial charge in [0.15, 0.2) is 23.1 Å². The van der Waals surface area contributed by atoms with Crippen molar-refractivity contribution in [3.05, 3.63) is 94.7 Å². The van der Waals surface area contributed by atoms with Gasteiger partial charge in [0.05, 0.1) is 5.57 Å². The van der Waals surface area contributed by atoms with E-state index in [-0.39, 0.29) is 22.3 Å². The zero-order valence-corrected chi connectivity index (χ0v) is 16.9. The van der Waals surface area contributed by atoms with Crippen molar-refractivity contribution in [3.63, 3.8) is 0 Å². The highest BCUT2D eigenvalue weighted by atomic mass is 16.3. The topological polar surface area (TPSA) is 94.9 Å². The molecule has 2 aromatic carbocycles. The number of nitrogens with zero attached hydrogens (tertiary/aromatic N) is 1. The lowest BCUT2D eigenvalue weighted by Gasteiger charge is -2.49. The second-order valence-electron chi connectivity index (χ2n) is 7.96. The van der Waals surface area contributed by atoms with Crippen molar-refractivity contribution in [2.75, 3.05) is 4.90 Å². The van der Waals surface area contributed by atoms with Crippen molar-refractivity contribution < 1.29 is 24.6 Å². The molecule has 2 aromatic rings.